The average Bonchev–Trinajstić information content (AvgIpc) is 3.09. The summed E-state index contributed by atoms with van der Waals surface area (Å²) in [5.74, 6) is -4.98. The number of hydrogen-bond donors (Lipinski definition) is 3. The monoisotopic (exact) mass is 820 g/mol. The topological polar surface area (TPSA) is 189 Å². The minimum Gasteiger partial charge on any atom is -0.507 e. The van der Waals surface area contributed by atoms with E-state index in [0.29, 0.717) is 11.1 Å². The number of likely N-dealkylation sites (tertiary alicyclic amines) is 2. The Labute approximate surface area is 346 Å². The van der Waals surface area contributed by atoms with E-state index < -0.39 is 64.0 Å². The fraction of sp³-hybridized carbons (Fsp3) is 0.533. The molecule has 2 saturated heterocycles. The summed E-state index contributed by atoms with van der Waals surface area (Å²) in [6, 6.07) is 5.34. The van der Waals surface area contributed by atoms with Gasteiger partial charge in [-0.1, -0.05) is 13.2 Å². The molecule has 1 atom stereocenters. The van der Waals surface area contributed by atoms with Crippen molar-refractivity contribution in [2.75, 3.05) is 0 Å². The lowest BCUT2D eigenvalue weighted by Gasteiger charge is -2.55. The number of aromatic hydroxyl groups is 2. The third kappa shape index (κ3) is 8.89. The van der Waals surface area contributed by atoms with Crippen molar-refractivity contribution in [2.45, 2.75) is 155 Å². The lowest BCUT2D eigenvalue weighted by atomic mass is 9.77. The van der Waals surface area contributed by atoms with Gasteiger partial charge in [0.25, 0.3) is 0 Å². The number of phenols is 2. The molecule has 0 saturated carbocycles. The van der Waals surface area contributed by atoms with Crippen molar-refractivity contribution in [3.8, 4) is 11.5 Å². The Bertz CT molecular complexity index is 1890. The highest BCUT2D eigenvalue weighted by molar-refractivity contribution is 6.08. The lowest BCUT2D eigenvalue weighted by Crippen LogP contribution is -2.66. The van der Waals surface area contributed by atoms with E-state index in [4.69, 9.17) is 19.1 Å². The van der Waals surface area contributed by atoms with Gasteiger partial charge in [0.2, 0.25) is 11.8 Å². The highest BCUT2D eigenvalue weighted by atomic mass is 17.1. The Hall–Kier alpha value is -5.21. The number of rotatable bonds is 11. The van der Waals surface area contributed by atoms with E-state index in [-0.39, 0.29) is 71.3 Å². The Morgan fingerprint density at radius 3 is 1.29 bits per heavy atom. The first-order chi connectivity index (χ1) is 27.1. The minimum absolute atomic E-state index is 0.0563. The Kier molecular flexibility index (Phi) is 13.0. The zero-order valence-corrected chi connectivity index (χ0v) is 36.3. The highest BCUT2D eigenvalue weighted by Crippen LogP contribution is 2.45. The van der Waals surface area contributed by atoms with Gasteiger partial charge in [-0.3, -0.25) is 14.8 Å². The highest BCUT2D eigenvalue weighted by Gasteiger charge is 2.64. The summed E-state index contributed by atoms with van der Waals surface area (Å²) in [6.07, 6.45) is -1.39. The van der Waals surface area contributed by atoms with Crippen molar-refractivity contribution < 1.29 is 58.5 Å². The second-order valence-electron chi connectivity index (χ2n) is 18.4. The van der Waals surface area contributed by atoms with Crippen molar-refractivity contribution in [3.63, 3.8) is 0 Å². The van der Waals surface area contributed by atoms with Crippen molar-refractivity contribution in [3.05, 3.63) is 83.0 Å². The van der Waals surface area contributed by atoms with Crippen LogP contribution in [-0.4, -0.2) is 95.0 Å². The molecule has 2 aliphatic heterocycles. The molecular weight excluding hydrogens is 760 g/mol. The maximum Gasteiger partial charge on any atom is 0.366 e. The number of phenolic OH excluding ortho intramolecular Hbond substituents is 2. The number of benzene rings is 2. The maximum atomic E-state index is 15.3. The third-order valence-corrected chi connectivity index (χ3v) is 11.5. The van der Waals surface area contributed by atoms with Crippen LogP contribution in [0.15, 0.2) is 49.6 Å². The maximum absolute atomic E-state index is 15.3. The molecule has 14 heteroatoms. The van der Waals surface area contributed by atoms with Crippen LogP contribution >= 0.6 is 0 Å². The predicted octanol–water partition coefficient (Wildman–Crippen LogP) is 7.01. The number of nitrogens with zero attached hydrogens (tertiary/aromatic N) is 2. The number of amides is 2. The van der Waals surface area contributed by atoms with Gasteiger partial charge in [-0.05, 0) is 147 Å². The summed E-state index contributed by atoms with van der Waals surface area (Å²) in [6.45, 7) is 27.8. The van der Waals surface area contributed by atoms with Crippen LogP contribution in [0.3, 0.4) is 0 Å². The van der Waals surface area contributed by atoms with Crippen molar-refractivity contribution >= 4 is 29.7 Å². The molecule has 59 heavy (non-hydrogen) atoms. The average molecular weight is 821 g/mol. The van der Waals surface area contributed by atoms with Gasteiger partial charge >= 0.3 is 23.5 Å². The van der Waals surface area contributed by atoms with Crippen LogP contribution in [0.1, 0.15) is 125 Å². The van der Waals surface area contributed by atoms with Crippen LogP contribution in [-0.2, 0) is 38.3 Å². The molecule has 0 bridgehead atoms. The van der Waals surface area contributed by atoms with Gasteiger partial charge in [0, 0.05) is 47.8 Å². The van der Waals surface area contributed by atoms with Crippen LogP contribution < -0.4 is 0 Å². The fourth-order valence-corrected chi connectivity index (χ4v) is 9.62. The van der Waals surface area contributed by atoms with Crippen LogP contribution in [0, 0.1) is 27.7 Å². The Balaban J connectivity index is 1.97. The van der Waals surface area contributed by atoms with Crippen LogP contribution in [0.5, 0.6) is 11.5 Å². The molecule has 0 radical (unpaired) electrons. The van der Waals surface area contributed by atoms with Gasteiger partial charge in [0.15, 0.2) is 6.10 Å². The number of ether oxygens (including phenoxy) is 3. The Morgan fingerprint density at radius 1 is 0.661 bits per heavy atom. The molecule has 2 fully saturated rings. The van der Waals surface area contributed by atoms with Crippen LogP contribution in [0.25, 0.3) is 0 Å². The summed E-state index contributed by atoms with van der Waals surface area (Å²) in [4.78, 5) is 79.5. The molecule has 0 aromatic heterocycles. The summed E-state index contributed by atoms with van der Waals surface area (Å²) < 4.78 is 18.5. The van der Waals surface area contributed by atoms with E-state index in [1.807, 2.05) is 0 Å². The second kappa shape index (κ2) is 16.4. The normalized spacial score (nSPS) is 19.3. The van der Waals surface area contributed by atoms with E-state index in [0.717, 1.165) is 0 Å². The first-order valence-electron chi connectivity index (χ1n) is 19.6. The van der Waals surface area contributed by atoms with E-state index in [1.54, 1.807) is 92.9 Å². The lowest BCUT2D eigenvalue weighted by molar-refractivity contribution is -0.316. The minimum atomic E-state index is -3.23. The number of carbonyl (C=O) groups excluding carboxylic acids is 5. The molecule has 14 nitrogen and oxygen atoms in total. The van der Waals surface area contributed by atoms with Gasteiger partial charge in [0.05, 0.1) is 5.56 Å². The summed E-state index contributed by atoms with van der Waals surface area (Å²) >= 11 is 0. The molecule has 2 aliphatic rings. The predicted molar refractivity (Wildman–Crippen MR) is 218 cm³/mol. The van der Waals surface area contributed by atoms with Gasteiger partial charge in [-0.2, -0.15) is 0 Å². The molecular formula is C45H60N2O12. The van der Waals surface area contributed by atoms with Gasteiger partial charge in [-0.25, -0.2) is 19.3 Å². The van der Waals surface area contributed by atoms with E-state index >= 15 is 9.59 Å². The zero-order valence-electron chi connectivity index (χ0n) is 36.3. The fourth-order valence-electron chi connectivity index (χ4n) is 9.62. The standard InChI is InChI=1S/C45H60N2O12/c1-15-33(48)46-41(7,8)21-31(22-42(46,9)10)56-39(53)45(37(59-55)29-17-25(3)35(50)26(4)18-29,58-38(52)30-19-27(5)36(51)28(6)20-30)40(54)57-32-23-43(11,12)47(34(49)16-2)44(13,14)24-32/h15-20,31-32,37,50-51,55H,1-2,21-24H2,3-14H3. The van der Waals surface area contributed by atoms with E-state index in [1.165, 1.54) is 36.4 Å². The molecule has 2 heterocycles. The van der Waals surface area contributed by atoms with Crippen molar-refractivity contribution in [2.24, 2.45) is 0 Å². The quantitative estimate of drug-likeness (QED) is 0.0526. The van der Waals surface area contributed by atoms with Crippen LogP contribution in [0.4, 0.5) is 0 Å². The van der Waals surface area contributed by atoms with Crippen LogP contribution in [0.2, 0.25) is 0 Å². The number of piperidine rings is 2. The number of carbonyl (C=O) groups is 5. The molecule has 0 spiro atoms. The Morgan fingerprint density at radius 2 is 0.983 bits per heavy atom. The molecule has 4 rings (SSSR count). The molecule has 2 amide bonds. The number of aryl methyl sites for hydroxylation is 4. The van der Waals surface area contributed by atoms with Gasteiger partial charge in [0.1, 0.15) is 23.7 Å². The largest absolute Gasteiger partial charge is 0.507 e. The number of hydrogen-bond acceptors (Lipinski definition) is 12. The summed E-state index contributed by atoms with van der Waals surface area (Å²) in [5.41, 5.74) is -5.95. The first-order valence-corrected chi connectivity index (χ1v) is 19.6. The zero-order chi connectivity index (χ0) is 44.8. The van der Waals surface area contributed by atoms with Crippen molar-refractivity contribution in [1.29, 1.82) is 0 Å². The third-order valence-electron chi connectivity index (χ3n) is 11.5. The van der Waals surface area contributed by atoms with E-state index in [9.17, 15) is 29.9 Å². The number of esters is 3. The van der Waals surface area contributed by atoms with Crippen molar-refractivity contribution in [1.82, 2.24) is 9.80 Å². The van der Waals surface area contributed by atoms with E-state index in [2.05, 4.69) is 13.2 Å². The van der Waals surface area contributed by atoms with Gasteiger partial charge in [-0.15, -0.1) is 0 Å². The molecule has 322 valence electrons. The van der Waals surface area contributed by atoms with Gasteiger partial charge < -0.3 is 34.2 Å². The summed E-state index contributed by atoms with van der Waals surface area (Å²) in [7, 11) is 0. The molecule has 1 unspecified atom stereocenters. The SMILES string of the molecule is C=CC(=O)N1C(C)(C)CC(OC(=O)C(OC(=O)c2cc(C)c(O)c(C)c2)(C(=O)OC2CC(C)(C)N(C(=O)C=C)C(C)(C)C2)C(OO)c2cc(C)c(O)c(C)c2)CC1(C)C. The smallest absolute Gasteiger partial charge is 0.366 e. The first kappa shape index (κ1) is 46.5. The molecule has 2 aromatic carbocycles. The summed E-state index contributed by atoms with van der Waals surface area (Å²) in [5, 5.41) is 32.1. The molecule has 0 aliphatic carbocycles. The second-order valence-corrected chi connectivity index (χ2v) is 18.4. The molecule has 3 N–H and O–H groups in total. The molecule has 2 aromatic rings.